The molecule has 0 bridgehead atoms. The van der Waals surface area contributed by atoms with E-state index in [1.165, 1.54) is 19.3 Å². The summed E-state index contributed by atoms with van der Waals surface area (Å²) in [7, 11) is 2.01. The van der Waals surface area contributed by atoms with Crippen molar-refractivity contribution in [2.24, 2.45) is 17.3 Å². The third-order valence-corrected chi connectivity index (χ3v) is 5.56. The van der Waals surface area contributed by atoms with E-state index < -0.39 is 12.1 Å². The van der Waals surface area contributed by atoms with Crippen LogP contribution in [-0.4, -0.2) is 43.8 Å². The number of halogens is 3. The molecule has 2 nitrogen and oxygen atoms in total. The van der Waals surface area contributed by atoms with E-state index in [1.54, 1.807) is 0 Å². The second kappa shape index (κ2) is 6.45. The molecule has 124 valence electrons. The number of hydrogen-bond donors (Lipinski definition) is 1. The average molecular weight is 306 g/mol. The fraction of sp³-hybridized carbons (Fsp3) is 1.00. The van der Waals surface area contributed by atoms with Crippen LogP contribution in [0.3, 0.4) is 0 Å². The van der Waals surface area contributed by atoms with Crippen molar-refractivity contribution in [3.05, 3.63) is 0 Å². The molecule has 0 amide bonds. The monoisotopic (exact) mass is 306 g/mol. The van der Waals surface area contributed by atoms with Crippen LogP contribution in [0.4, 0.5) is 13.2 Å². The SMILES string of the molecule is CNC1C(CN2CCC(C(F)(F)F)CC2)CCCC1(C)C. The van der Waals surface area contributed by atoms with Crippen LogP contribution in [0.2, 0.25) is 0 Å². The molecular formula is C16H29F3N2. The molecule has 2 unspecified atom stereocenters. The van der Waals surface area contributed by atoms with Gasteiger partial charge in [-0.15, -0.1) is 0 Å². The van der Waals surface area contributed by atoms with Crippen LogP contribution < -0.4 is 5.32 Å². The van der Waals surface area contributed by atoms with Crippen LogP contribution in [-0.2, 0) is 0 Å². The Morgan fingerprint density at radius 2 is 1.76 bits per heavy atom. The molecule has 1 heterocycles. The van der Waals surface area contributed by atoms with Gasteiger partial charge in [-0.05, 0) is 57.2 Å². The fourth-order valence-corrected chi connectivity index (χ4v) is 4.38. The summed E-state index contributed by atoms with van der Waals surface area (Å²) >= 11 is 0. The van der Waals surface area contributed by atoms with Crippen LogP contribution in [0, 0.1) is 17.3 Å². The van der Waals surface area contributed by atoms with Gasteiger partial charge in [0, 0.05) is 12.6 Å². The molecule has 1 aliphatic carbocycles. The number of alkyl halides is 3. The van der Waals surface area contributed by atoms with Crippen molar-refractivity contribution in [1.29, 1.82) is 0 Å². The molecule has 2 fully saturated rings. The molecule has 1 aliphatic heterocycles. The summed E-state index contributed by atoms with van der Waals surface area (Å²) < 4.78 is 38.2. The van der Waals surface area contributed by atoms with E-state index in [0.717, 1.165) is 6.54 Å². The maximum Gasteiger partial charge on any atom is 0.391 e. The van der Waals surface area contributed by atoms with E-state index in [4.69, 9.17) is 0 Å². The van der Waals surface area contributed by atoms with Gasteiger partial charge in [0.15, 0.2) is 0 Å². The van der Waals surface area contributed by atoms with Gasteiger partial charge in [-0.25, -0.2) is 0 Å². The standard InChI is InChI=1S/C16H29F3N2/c1-15(2)8-4-5-12(14(15)20-3)11-21-9-6-13(7-10-21)16(17,18)19/h12-14,20H,4-11H2,1-3H3. The van der Waals surface area contributed by atoms with E-state index in [0.29, 0.717) is 25.0 Å². The van der Waals surface area contributed by atoms with Crippen molar-refractivity contribution in [2.45, 2.75) is 58.2 Å². The zero-order valence-corrected chi connectivity index (χ0v) is 13.5. The number of likely N-dealkylation sites (tertiary alicyclic amines) is 1. The van der Waals surface area contributed by atoms with Gasteiger partial charge in [0.05, 0.1) is 5.92 Å². The Morgan fingerprint density at radius 3 is 2.29 bits per heavy atom. The highest BCUT2D eigenvalue weighted by Crippen LogP contribution is 2.40. The lowest BCUT2D eigenvalue weighted by atomic mass is 9.67. The average Bonchev–Trinajstić information content (AvgIpc) is 2.37. The highest BCUT2D eigenvalue weighted by atomic mass is 19.4. The largest absolute Gasteiger partial charge is 0.391 e. The normalized spacial score (nSPS) is 32.3. The Kier molecular flexibility index (Phi) is 5.24. The summed E-state index contributed by atoms with van der Waals surface area (Å²) in [6.45, 7) is 6.74. The molecule has 0 spiro atoms. The van der Waals surface area contributed by atoms with Gasteiger partial charge in [-0.2, -0.15) is 13.2 Å². The molecule has 1 saturated heterocycles. The summed E-state index contributed by atoms with van der Waals surface area (Å²) in [6, 6.07) is 0.464. The quantitative estimate of drug-likeness (QED) is 0.856. The lowest BCUT2D eigenvalue weighted by molar-refractivity contribution is -0.185. The van der Waals surface area contributed by atoms with Gasteiger partial charge in [0.25, 0.3) is 0 Å². The number of nitrogens with one attached hydrogen (secondary N) is 1. The Balaban J connectivity index is 1.88. The maximum atomic E-state index is 12.7. The smallest absolute Gasteiger partial charge is 0.316 e. The number of piperidine rings is 1. The second-order valence-electron chi connectivity index (χ2n) is 7.52. The summed E-state index contributed by atoms with van der Waals surface area (Å²) in [5, 5.41) is 3.46. The lowest BCUT2D eigenvalue weighted by Crippen LogP contribution is -2.52. The minimum atomic E-state index is -4.01. The first kappa shape index (κ1) is 17.1. The van der Waals surface area contributed by atoms with Crippen LogP contribution >= 0.6 is 0 Å². The van der Waals surface area contributed by atoms with Crippen LogP contribution in [0.1, 0.15) is 46.0 Å². The first-order valence-corrected chi connectivity index (χ1v) is 8.20. The molecule has 2 atom stereocenters. The second-order valence-corrected chi connectivity index (χ2v) is 7.52. The van der Waals surface area contributed by atoms with Crippen molar-refractivity contribution >= 4 is 0 Å². The first-order chi connectivity index (χ1) is 9.74. The van der Waals surface area contributed by atoms with E-state index in [-0.39, 0.29) is 18.3 Å². The van der Waals surface area contributed by atoms with Gasteiger partial charge in [0.1, 0.15) is 0 Å². The molecular weight excluding hydrogens is 277 g/mol. The Morgan fingerprint density at radius 1 is 1.14 bits per heavy atom. The Bertz CT molecular complexity index is 333. The molecule has 1 N–H and O–H groups in total. The predicted molar refractivity (Wildman–Crippen MR) is 79.2 cm³/mol. The predicted octanol–water partition coefficient (Wildman–Crippen LogP) is 3.68. The van der Waals surface area contributed by atoms with Gasteiger partial charge in [-0.1, -0.05) is 20.3 Å². The third-order valence-electron chi connectivity index (χ3n) is 5.56. The van der Waals surface area contributed by atoms with Crippen molar-refractivity contribution < 1.29 is 13.2 Å². The van der Waals surface area contributed by atoms with Crippen LogP contribution in [0.5, 0.6) is 0 Å². The summed E-state index contributed by atoms with van der Waals surface area (Å²) in [5.41, 5.74) is 0.280. The molecule has 1 saturated carbocycles. The van der Waals surface area contributed by atoms with E-state index >= 15 is 0 Å². The maximum absolute atomic E-state index is 12.7. The van der Waals surface area contributed by atoms with Gasteiger partial charge in [0.2, 0.25) is 0 Å². The minimum absolute atomic E-state index is 0.268. The summed E-state index contributed by atoms with van der Waals surface area (Å²) in [6.07, 6.45) is 0.175. The minimum Gasteiger partial charge on any atom is -0.316 e. The van der Waals surface area contributed by atoms with Gasteiger partial charge in [-0.3, -0.25) is 0 Å². The summed E-state index contributed by atoms with van der Waals surface area (Å²) in [4.78, 5) is 2.25. The highest BCUT2D eigenvalue weighted by molar-refractivity contribution is 4.94. The van der Waals surface area contributed by atoms with E-state index in [1.807, 2.05) is 7.05 Å². The van der Waals surface area contributed by atoms with Crippen molar-refractivity contribution in [2.75, 3.05) is 26.7 Å². The molecule has 0 radical (unpaired) electrons. The lowest BCUT2D eigenvalue weighted by Gasteiger charge is -2.46. The molecule has 0 aromatic carbocycles. The third kappa shape index (κ3) is 4.13. The topological polar surface area (TPSA) is 15.3 Å². The fourth-order valence-electron chi connectivity index (χ4n) is 4.38. The number of hydrogen-bond acceptors (Lipinski definition) is 2. The number of nitrogens with zero attached hydrogens (tertiary/aromatic N) is 1. The van der Waals surface area contributed by atoms with Crippen LogP contribution in [0.15, 0.2) is 0 Å². The molecule has 2 aliphatic rings. The van der Waals surface area contributed by atoms with E-state index in [2.05, 4.69) is 24.1 Å². The Labute approximate surface area is 126 Å². The molecule has 21 heavy (non-hydrogen) atoms. The van der Waals surface area contributed by atoms with E-state index in [9.17, 15) is 13.2 Å². The first-order valence-electron chi connectivity index (χ1n) is 8.20. The highest BCUT2D eigenvalue weighted by Gasteiger charge is 2.42. The molecule has 2 rings (SSSR count). The molecule has 5 heteroatoms. The Hall–Kier alpha value is -0.290. The molecule has 0 aromatic rings. The zero-order valence-electron chi connectivity index (χ0n) is 13.5. The van der Waals surface area contributed by atoms with Gasteiger partial charge >= 0.3 is 6.18 Å². The van der Waals surface area contributed by atoms with Crippen molar-refractivity contribution in [1.82, 2.24) is 10.2 Å². The van der Waals surface area contributed by atoms with Gasteiger partial charge < -0.3 is 10.2 Å². The zero-order chi connectivity index (χ0) is 15.7. The van der Waals surface area contributed by atoms with Crippen molar-refractivity contribution in [3.63, 3.8) is 0 Å². The van der Waals surface area contributed by atoms with Crippen LogP contribution in [0.25, 0.3) is 0 Å². The summed E-state index contributed by atoms with van der Waals surface area (Å²) in [5.74, 6) is -0.530. The van der Waals surface area contributed by atoms with Crippen molar-refractivity contribution in [3.8, 4) is 0 Å². The molecule has 0 aromatic heterocycles. The number of rotatable bonds is 3.